The predicted octanol–water partition coefficient (Wildman–Crippen LogP) is 2.55. The lowest BCUT2D eigenvalue weighted by Gasteiger charge is -2.23. The van der Waals surface area contributed by atoms with E-state index in [4.69, 9.17) is 21.3 Å². The summed E-state index contributed by atoms with van der Waals surface area (Å²) in [6.45, 7) is 7.56. The summed E-state index contributed by atoms with van der Waals surface area (Å²) in [6, 6.07) is 8.54. The third-order valence-corrected chi connectivity index (χ3v) is 4.72. The van der Waals surface area contributed by atoms with E-state index in [9.17, 15) is 0 Å². The SMILES string of the molecule is CCNC(=NCC1CCCN1CCOC)NCCc1cccc(Cl)c1. The molecule has 6 heteroatoms. The van der Waals surface area contributed by atoms with Crippen molar-refractivity contribution in [3.05, 3.63) is 34.9 Å². The van der Waals surface area contributed by atoms with Gasteiger partial charge < -0.3 is 15.4 Å². The third-order valence-electron chi connectivity index (χ3n) is 4.48. The molecule has 1 aromatic rings. The quantitative estimate of drug-likeness (QED) is 0.521. The van der Waals surface area contributed by atoms with Crippen molar-refractivity contribution in [3.8, 4) is 0 Å². The van der Waals surface area contributed by atoms with Crippen LogP contribution in [0.5, 0.6) is 0 Å². The fraction of sp³-hybridized carbons (Fsp3) is 0.632. The summed E-state index contributed by atoms with van der Waals surface area (Å²) in [5.74, 6) is 0.892. The monoisotopic (exact) mass is 366 g/mol. The average Bonchev–Trinajstić information content (AvgIpc) is 3.05. The van der Waals surface area contributed by atoms with E-state index >= 15 is 0 Å². The highest BCUT2D eigenvalue weighted by Gasteiger charge is 2.23. The van der Waals surface area contributed by atoms with E-state index in [-0.39, 0.29) is 0 Å². The lowest BCUT2D eigenvalue weighted by molar-refractivity contribution is 0.142. The Bertz CT molecular complexity index is 538. The minimum atomic E-state index is 0.526. The van der Waals surface area contributed by atoms with Crippen LogP contribution in [-0.2, 0) is 11.2 Å². The molecule has 1 aliphatic heterocycles. The standard InChI is InChI=1S/C19H31ClN4O/c1-3-21-19(22-10-9-16-6-4-7-17(20)14-16)23-15-18-8-5-11-24(18)12-13-25-2/h4,6-7,14,18H,3,5,8-13,15H2,1-2H3,(H2,21,22,23). The van der Waals surface area contributed by atoms with Gasteiger partial charge in [0.15, 0.2) is 5.96 Å². The van der Waals surface area contributed by atoms with Gasteiger partial charge in [0.25, 0.3) is 0 Å². The number of halogens is 1. The van der Waals surface area contributed by atoms with Crippen LogP contribution in [0.2, 0.25) is 5.02 Å². The number of guanidine groups is 1. The van der Waals surface area contributed by atoms with Gasteiger partial charge in [-0.3, -0.25) is 9.89 Å². The number of nitrogens with zero attached hydrogens (tertiary/aromatic N) is 2. The third kappa shape index (κ3) is 7.22. The summed E-state index contributed by atoms with van der Waals surface area (Å²) in [4.78, 5) is 7.28. The summed E-state index contributed by atoms with van der Waals surface area (Å²) >= 11 is 6.04. The molecule has 1 heterocycles. The molecular formula is C19H31ClN4O. The maximum atomic E-state index is 6.04. The number of hydrogen-bond acceptors (Lipinski definition) is 3. The second-order valence-electron chi connectivity index (χ2n) is 6.35. The molecule has 2 N–H and O–H groups in total. The van der Waals surface area contributed by atoms with Crippen LogP contribution in [0, 0.1) is 0 Å². The second kappa shape index (κ2) is 11.3. The molecular weight excluding hydrogens is 336 g/mol. The Morgan fingerprint density at radius 3 is 3.04 bits per heavy atom. The minimum Gasteiger partial charge on any atom is -0.383 e. The molecule has 0 amide bonds. The second-order valence-corrected chi connectivity index (χ2v) is 6.79. The van der Waals surface area contributed by atoms with Crippen molar-refractivity contribution in [2.24, 2.45) is 4.99 Å². The number of methoxy groups -OCH3 is 1. The summed E-state index contributed by atoms with van der Waals surface area (Å²) in [6.07, 6.45) is 3.39. The molecule has 0 aliphatic carbocycles. The van der Waals surface area contributed by atoms with E-state index in [0.29, 0.717) is 6.04 Å². The Morgan fingerprint density at radius 1 is 1.40 bits per heavy atom. The number of likely N-dealkylation sites (tertiary alicyclic amines) is 1. The Morgan fingerprint density at radius 2 is 2.28 bits per heavy atom. The van der Waals surface area contributed by atoms with Crippen molar-refractivity contribution in [3.63, 3.8) is 0 Å². The summed E-state index contributed by atoms with van der Waals surface area (Å²) < 4.78 is 5.21. The van der Waals surface area contributed by atoms with Crippen molar-refractivity contribution in [2.45, 2.75) is 32.2 Å². The van der Waals surface area contributed by atoms with E-state index in [1.807, 2.05) is 18.2 Å². The number of rotatable bonds is 9. The van der Waals surface area contributed by atoms with E-state index in [1.54, 1.807) is 7.11 Å². The van der Waals surface area contributed by atoms with Crippen molar-refractivity contribution in [1.82, 2.24) is 15.5 Å². The van der Waals surface area contributed by atoms with Gasteiger partial charge >= 0.3 is 0 Å². The van der Waals surface area contributed by atoms with Crippen LogP contribution < -0.4 is 10.6 Å². The van der Waals surface area contributed by atoms with Gasteiger partial charge in [0.05, 0.1) is 13.2 Å². The lowest BCUT2D eigenvalue weighted by Crippen LogP contribution is -2.40. The van der Waals surface area contributed by atoms with Gasteiger partial charge in [0.1, 0.15) is 0 Å². The maximum absolute atomic E-state index is 6.04. The van der Waals surface area contributed by atoms with Crippen LogP contribution in [0.1, 0.15) is 25.3 Å². The maximum Gasteiger partial charge on any atom is 0.191 e. The zero-order chi connectivity index (χ0) is 17.9. The van der Waals surface area contributed by atoms with Crippen molar-refractivity contribution in [1.29, 1.82) is 0 Å². The zero-order valence-electron chi connectivity index (χ0n) is 15.4. The van der Waals surface area contributed by atoms with Gasteiger partial charge in [0.2, 0.25) is 0 Å². The number of nitrogens with one attached hydrogen (secondary N) is 2. The van der Waals surface area contributed by atoms with Gasteiger partial charge in [0, 0.05) is 37.8 Å². The highest BCUT2D eigenvalue weighted by molar-refractivity contribution is 6.30. The van der Waals surface area contributed by atoms with E-state index < -0.39 is 0 Å². The first kappa shape index (κ1) is 20.0. The average molecular weight is 367 g/mol. The topological polar surface area (TPSA) is 48.9 Å². The molecule has 1 unspecified atom stereocenters. The molecule has 1 aromatic carbocycles. The van der Waals surface area contributed by atoms with Gasteiger partial charge in [-0.2, -0.15) is 0 Å². The highest BCUT2D eigenvalue weighted by atomic mass is 35.5. The van der Waals surface area contributed by atoms with Gasteiger partial charge in [-0.15, -0.1) is 0 Å². The molecule has 0 radical (unpaired) electrons. The Hall–Kier alpha value is -1.30. The van der Waals surface area contributed by atoms with Gasteiger partial charge in [-0.25, -0.2) is 0 Å². The largest absolute Gasteiger partial charge is 0.383 e. The van der Waals surface area contributed by atoms with E-state index in [1.165, 1.54) is 18.4 Å². The Balaban J connectivity index is 1.81. The molecule has 140 valence electrons. The Kier molecular flexibility index (Phi) is 9.08. The molecule has 5 nitrogen and oxygen atoms in total. The van der Waals surface area contributed by atoms with Crippen molar-refractivity contribution in [2.75, 3.05) is 46.4 Å². The Labute approximate surface area is 156 Å². The van der Waals surface area contributed by atoms with E-state index in [0.717, 1.165) is 56.7 Å². The summed E-state index contributed by atoms with van der Waals surface area (Å²) in [5.41, 5.74) is 1.23. The van der Waals surface area contributed by atoms with Crippen LogP contribution in [0.25, 0.3) is 0 Å². The van der Waals surface area contributed by atoms with Crippen LogP contribution >= 0.6 is 11.6 Å². The van der Waals surface area contributed by atoms with Gasteiger partial charge in [-0.05, 0) is 50.4 Å². The van der Waals surface area contributed by atoms with Crippen molar-refractivity contribution < 1.29 is 4.74 Å². The molecule has 1 saturated heterocycles. The van der Waals surface area contributed by atoms with Crippen LogP contribution in [0.4, 0.5) is 0 Å². The summed E-state index contributed by atoms with van der Waals surface area (Å²) in [7, 11) is 1.76. The van der Waals surface area contributed by atoms with Crippen molar-refractivity contribution >= 4 is 17.6 Å². The molecule has 2 rings (SSSR count). The molecule has 25 heavy (non-hydrogen) atoms. The molecule has 1 fully saturated rings. The molecule has 0 aromatic heterocycles. The van der Waals surface area contributed by atoms with E-state index in [2.05, 4.69) is 28.5 Å². The molecule has 1 atom stereocenters. The first-order chi connectivity index (χ1) is 12.2. The number of ether oxygens (including phenoxy) is 1. The normalized spacial score (nSPS) is 18.5. The summed E-state index contributed by atoms with van der Waals surface area (Å²) in [5, 5.41) is 7.54. The fourth-order valence-corrected chi connectivity index (χ4v) is 3.37. The smallest absolute Gasteiger partial charge is 0.191 e. The minimum absolute atomic E-state index is 0.526. The van der Waals surface area contributed by atoms with Crippen LogP contribution in [0.15, 0.2) is 29.3 Å². The zero-order valence-corrected chi connectivity index (χ0v) is 16.2. The fourth-order valence-electron chi connectivity index (χ4n) is 3.16. The molecule has 0 spiro atoms. The molecule has 1 aliphatic rings. The first-order valence-electron chi connectivity index (χ1n) is 9.22. The predicted molar refractivity (Wildman–Crippen MR) is 106 cm³/mol. The lowest BCUT2D eigenvalue weighted by atomic mass is 10.1. The number of hydrogen-bond donors (Lipinski definition) is 2. The molecule has 0 saturated carbocycles. The van der Waals surface area contributed by atoms with Crippen LogP contribution in [-0.4, -0.2) is 63.3 Å². The molecule has 0 bridgehead atoms. The van der Waals surface area contributed by atoms with Gasteiger partial charge in [-0.1, -0.05) is 23.7 Å². The number of aliphatic imine (C=N–C) groups is 1. The first-order valence-corrected chi connectivity index (χ1v) is 9.60. The van der Waals surface area contributed by atoms with Crippen LogP contribution in [0.3, 0.4) is 0 Å². The number of benzene rings is 1. The highest BCUT2D eigenvalue weighted by Crippen LogP contribution is 2.16.